The normalized spacial score (nSPS) is 26.4. The Morgan fingerprint density at radius 1 is 1.26 bits per heavy atom. The van der Waals surface area contributed by atoms with Crippen molar-refractivity contribution in [3.63, 3.8) is 0 Å². The predicted molar refractivity (Wildman–Crippen MR) is 82.6 cm³/mol. The molecule has 106 valence electrons. The highest BCUT2D eigenvalue weighted by Crippen LogP contribution is 2.21. The van der Waals surface area contributed by atoms with E-state index in [-0.39, 0.29) is 0 Å². The van der Waals surface area contributed by atoms with Gasteiger partial charge in [0.25, 0.3) is 0 Å². The van der Waals surface area contributed by atoms with Crippen molar-refractivity contribution < 1.29 is 0 Å². The second-order valence-electron chi connectivity index (χ2n) is 6.28. The molecule has 19 heavy (non-hydrogen) atoms. The zero-order valence-corrected chi connectivity index (χ0v) is 13.0. The Morgan fingerprint density at radius 3 is 2.63 bits per heavy atom. The predicted octanol–water partition coefficient (Wildman–Crippen LogP) is 3.44. The van der Waals surface area contributed by atoms with Crippen molar-refractivity contribution in [3.05, 3.63) is 34.9 Å². The molecule has 1 aromatic carbocycles. The van der Waals surface area contributed by atoms with E-state index in [1.165, 1.54) is 36.1 Å². The van der Waals surface area contributed by atoms with Crippen LogP contribution in [-0.2, 0) is 0 Å². The lowest BCUT2D eigenvalue weighted by Gasteiger charge is -2.36. The van der Waals surface area contributed by atoms with Crippen molar-refractivity contribution in [2.24, 2.45) is 0 Å². The summed E-state index contributed by atoms with van der Waals surface area (Å²) in [4.78, 5) is 2.46. The van der Waals surface area contributed by atoms with Crippen LogP contribution in [0.3, 0.4) is 0 Å². The highest BCUT2D eigenvalue weighted by Gasteiger charge is 2.23. The molecular formula is C17H28N2. The first-order valence-electron chi connectivity index (χ1n) is 7.51. The van der Waals surface area contributed by atoms with Crippen molar-refractivity contribution in [1.29, 1.82) is 0 Å². The molecular weight excluding hydrogens is 232 g/mol. The van der Waals surface area contributed by atoms with Gasteiger partial charge in [-0.1, -0.05) is 18.2 Å². The minimum Gasteiger partial charge on any atom is -0.307 e. The fourth-order valence-electron chi connectivity index (χ4n) is 2.92. The summed E-state index contributed by atoms with van der Waals surface area (Å²) in [7, 11) is 2.23. The molecule has 3 atom stereocenters. The number of hydrogen-bond acceptors (Lipinski definition) is 2. The molecule has 1 fully saturated rings. The first kappa shape index (κ1) is 14.5. The second-order valence-corrected chi connectivity index (χ2v) is 6.28. The number of piperidine rings is 1. The van der Waals surface area contributed by atoms with Gasteiger partial charge in [0.2, 0.25) is 0 Å². The maximum Gasteiger partial charge on any atom is 0.0294 e. The summed E-state index contributed by atoms with van der Waals surface area (Å²) in [6.07, 6.45) is 2.52. The van der Waals surface area contributed by atoms with Crippen LogP contribution in [0.15, 0.2) is 18.2 Å². The van der Waals surface area contributed by atoms with Crippen molar-refractivity contribution in [2.45, 2.75) is 58.7 Å². The molecule has 0 amide bonds. The van der Waals surface area contributed by atoms with Gasteiger partial charge in [-0.2, -0.15) is 0 Å². The second kappa shape index (κ2) is 6.06. The zero-order valence-electron chi connectivity index (χ0n) is 13.0. The lowest BCUT2D eigenvalue weighted by molar-refractivity contribution is 0.163. The Kier molecular flexibility index (Phi) is 4.64. The number of nitrogens with one attached hydrogen (secondary N) is 1. The number of likely N-dealkylation sites (tertiary alicyclic amines) is 1. The molecule has 1 aliphatic rings. The molecule has 1 N–H and O–H groups in total. The van der Waals surface area contributed by atoms with Gasteiger partial charge in [-0.3, -0.25) is 0 Å². The first-order chi connectivity index (χ1) is 8.97. The summed E-state index contributed by atoms with van der Waals surface area (Å²) in [5.74, 6) is 0. The number of hydrogen-bond donors (Lipinski definition) is 1. The van der Waals surface area contributed by atoms with Gasteiger partial charge < -0.3 is 10.2 Å². The van der Waals surface area contributed by atoms with Gasteiger partial charge in [-0.05, 0) is 70.8 Å². The first-order valence-corrected chi connectivity index (χ1v) is 7.51. The Labute approximate surface area is 118 Å². The highest BCUT2D eigenvalue weighted by atomic mass is 15.1. The Balaban J connectivity index is 1.97. The number of nitrogens with zero attached hydrogens (tertiary/aromatic N) is 1. The van der Waals surface area contributed by atoms with E-state index in [9.17, 15) is 0 Å². The zero-order chi connectivity index (χ0) is 14.0. The smallest absolute Gasteiger partial charge is 0.0294 e. The average Bonchev–Trinajstić information content (AvgIpc) is 2.37. The van der Waals surface area contributed by atoms with Gasteiger partial charge in [0, 0.05) is 18.1 Å². The Bertz CT molecular complexity index is 427. The van der Waals surface area contributed by atoms with Gasteiger partial charge in [0.05, 0.1) is 0 Å². The van der Waals surface area contributed by atoms with Gasteiger partial charge >= 0.3 is 0 Å². The third kappa shape index (κ3) is 3.58. The van der Waals surface area contributed by atoms with Crippen LogP contribution in [0.2, 0.25) is 0 Å². The maximum absolute atomic E-state index is 3.81. The van der Waals surface area contributed by atoms with Crippen LogP contribution >= 0.6 is 0 Å². The molecule has 0 saturated carbocycles. The monoisotopic (exact) mass is 260 g/mol. The molecule has 1 aromatic rings. The highest BCUT2D eigenvalue weighted by molar-refractivity contribution is 5.31. The van der Waals surface area contributed by atoms with E-state index in [0.717, 1.165) is 0 Å². The van der Waals surface area contributed by atoms with Crippen molar-refractivity contribution in [2.75, 3.05) is 13.6 Å². The van der Waals surface area contributed by atoms with Crippen LogP contribution in [0.1, 0.15) is 49.4 Å². The van der Waals surface area contributed by atoms with E-state index in [1.807, 2.05) is 0 Å². The molecule has 1 heterocycles. The van der Waals surface area contributed by atoms with E-state index < -0.39 is 0 Å². The topological polar surface area (TPSA) is 15.3 Å². The summed E-state index contributed by atoms with van der Waals surface area (Å²) in [5.41, 5.74) is 4.18. The summed E-state index contributed by atoms with van der Waals surface area (Å²) >= 11 is 0. The molecule has 0 bridgehead atoms. The van der Waals surface area contributed by atoms with Crippen molar-refractivity contribution >= 4 is 0 Å². The average molecular weight is 260 g/mol. The fraction of sp³-hybridized carbons (Fsp3) is 0.647. The number of rotatable bonds is 3. The largest absolute Gasteiger partial charge is 0.307 e. The van der Waals surface area contributed by atoms with Crippen LogP contribution in [0.5, 0.6) is 0 Å². The van der Waals surface area contributed by atoms with Gasteiger partial charge in [-0.25, -0.2) is 0 Å². The quantitative estimate of drug-likeness (QED) is 0.895. The minimum atomic E-state index is 0.444. The van der Waals surface area contributed by atoms with Crippen LogP contribution in [0, 0.1) is 13.8 Å². The van der Waals surface area contributed by atoms with Crippen LogP contribution in [-0.4, -0.2) is 30.6 Å². The molecule has 3 unspecified atom stereocenters. The molecule has 0 radical (unpaired) electrons. The van der Waals surface area contributed by atoms with E-state index in [2.05, 4.69) is 63.2 Å². The standard InChI is InChI=1S/C17H28N2/c1-12-6-7-16(10-13(12)2)15(4)18-17-8-9-19(5)14(3)11-17/h6-7,10,14-15,17-18H,8-9,11H2,1-5H3. The summed E-state index contributed by atoms with van der Waals surface area (Å²) in [6.45, 7) is 10.2. The van der Waals surface area contributed by atoms with E-state index >= 15 is 0 Å². The number of benzene rings is 1. The Hall–Kier alpha value is -0.860. The SMILES string of the molecule is Cc1ccc(C(C)NC2CCN(C)C(C)C2)cc1C. The molecule has 2 heteroatoms. The lowest BCUT2D eigenvalue weighted by Crippen LogP contribution is -2.46. The molecule has 0 aromatic heterocycles. The number of aryl methyl sites for hydroxylation is 2. The Morgan fingerprint density at radius 2 is 2.00 bits per heavy atom. The van der Waals surface area contributed by atoms with E-state index in [1.54, 1.807) is 0 Å². The van der Waals surface area contributed by atoms with Gasteiger partial charge in [0.15, 0.2) is 0 Å². The third-order valence-corrected chi connectivity index (χ3v) is 4.73. The molecule has 1 saturated heterocycles. The van der Waals surface area contributed by atoms with E-state index in [4.69, 9.17) is 0 Å². The maximum atomic E-state index is 3.81. The summed E-state index contributed by atoms with van der Waals surface area (Å²) in [5, 5.41) is 3.81. The van der Waals surface area contributed by atoms with Crippen molar-refractivity contribution in [1.82, 2.24) is 10.2 Å². The summed E-state index contributed by atoms with van der Waals surface area (Å²) < 4.78 is 0. The van der Waals surface area contributed by atoms with Crippen LogP contribution in [0.25, 0.3) is 0 Å². The van der Waals surface area contributed by atoms with Crippen LogP contribution in [0.4, 0.5) is 0 Å². The van der Waals surface area contributed by atoms with Crippen molar-refractivity contribution in [3.8, 4) is 0 Å². The molecule has 2 rings (SSSR count). The van der Waals surface area contributed by atoms with Crippen LogP contribution < -0.4 is 5.32 Å². The minimum absolute atomic E-state index is 0.444. The summed E-state index contributed by atoms with van der Waals surface area (Å²) in [6, 6.07) is 8.62. The van der Waals surface area contributed by atoms with E-state index in [0.29, 0.717) is 18.1 Å². The molecule has 0 spiro atoms. The lowest BCUT2D eigenvalue weighted by atomic mass is 9.96. The van der Waals surface area contributed by atoms with Gasteiger partial charge in [-0.15, -0.1) is 0 Å². The van der Waals surface area contributed by atoms with Gasteiger partial charge in [0.1, 0.15) is 0 Å². The molecule has 2 nitrogen and oxygen atoms in total. The molecule has 1 aliphatic heterocycles. The fourth-order valence-corrected chi connectivity index (χ4v) is 2.92. The third-order valence-electron chi connectivity index (χ3n) is 4.73. The molecule has 0 aliphatic carbocycles.